The van der Waals surface area contributed by atoms with E-state index >= 15 is 0 Å². The second kappa shape index (κ2) is 5.77. The van der Waals surface area contributed by atoms with Crippen molar-refractivity contribution in [1.29, 1.82) is 0 Å². The van der Waals surface area contributed by atoms with Crippen molar-refractivity contribution in [2.75, 3.05) is 12.8 Å². The molecule has 19 heavy (non-hydrogen) atoms. The lowest BCUT2D eigenvalue weighted by Crippen LogP contribution is -2.24. The minimum atomic E-state index is -3.13. The van der Waals surface area contributed by atoms with E-state index in [1.54, 1.807) is 17.5 Å². The largest absolute Gasteiger partial charge is 0.254 e. The molecule has 102 valence electrons. The molecule has 0 atom stereocenters. The third-order valence-corrected chi connectivity index (χ3v) is 4.46. The van der Waals surface area contributed by atoms with Gasteiger partial charge in [-0.25, -0.2) is 18.1 Å². The van der Waals surface area contributed by atoms with E-state index in [4.69, 9.17) is 0 Å². The fraction of sp³-hybridized carbons (Fsp3) is 0.333. The van der Waals surface area contributed by atoms with Gasteiger partial charge in [0.1, 0.15) is 5.01 Å². The molecule has 0 bridgehead atoms. The maximum atomic E-state index is 11.0. The summed E-state index contributed by atoms with van der Waals surface area (Å²) in [5.74, 6) is 0. The van der Waals surface area contributed by atoms with Crippen molar-refractivity contribution in [3.8, 4) is 10.7 Å². The molecule has 0 aliphatic rings. The molecular weight excluding hydrogens is 282 g/mol. The molecule has 5 nitrogen and oxygen atoms in total. The van der Waals surface area contributed by atoms with E-state index in [1.807, 2.05) is 25.1 Å². The summed E-state index contributed by atoms with van der Waals surface area (Å²) in [7, 11) is -3.13. The van der Waals surface area contributed by atoms with E-state index in [0.717, 1.165) is 27.5 Å². The number of nitrogens with zero attached hydrogens (tertiary/aromatic N) is 2. The first-order valence-corrected chi connectivity index (χ1v) is 8.49. The quantitative estimate of drug-likeness (QED) is 0.910. The van der Waals surface area contributed by atoms with Crippen LogP contribution in [0.4, 0.5) is 0 Å². The van der Waals surface area contributed by atoms with Gasteiger partial charge in [-0.15, -0.1) is 11.3 Å². The van der Waals surface area contributed by atoms with Crippen LogP contribution in [0, 0.1) is 6.92 Å². The lowest BCUT2D eigenvalue weighted by Gasteiger charge is -2.00. The van der Waals surface area contributed by atoms with Gasteiger partial charge in [0.25, 0.3) is 0 Å². The summed E-state index contributed by atoms with van der Waals surface area (Å²) in [5, 5.41) is 0.868. The Bertz CT molecular complexity index is 651. The molecule has 1 N–H and O–H groups in total. The van der Waals surface area contributed by atoms with Crippen LogP contribution in [0.25, 0.3) is 10.7 Å². The molecule has 2 heterocycles. The summed E-state index contributed by atoms with van der Waals surface area (Å²) in [4.78, 5) is 9.81. The Kier molecular flexibility index (Phi) is 4.28. The number of pyridine rings is 1. The van der Waals surface area contributed by atoms with Crippen LogP contribution in [-0.2, 0) is 16.4 Å². The molecular formula is C12H15N3O2S2. The topological polar surface area (TPSA) is 72.0 Å². The number of hydrogen-bond acceptors (Lipinski definition) is 5. The van der Waals surface area contributed by atoms with Crippen molar-refractivity contribution in [2.45, 2.75) is 13.3 Å². The predicted molar refractivity (Wildman–Crippen MR) is 76.6 cm³/mol. The van der Waals surface area contributed by atoms with E-state index in [1.165, 1.54) is 0 Å². The third-order valence-electron chi connectivity index (χ3n) is 2.49. The number of thiazole rings is 1. The average Bonchev–Trinajstić information content (AvgIpc) is 2.71. The summed E-state index contributed by atoms with van der Waals surface area (Å²) >= 11 is 1.55. The first-order chi connectivity index (χ1) is 8.96. The Morgan fingerprint density at radius 1 is 1.37 bits per heavy atom. The van der Waals surface area contributed by atoms with Gasteiger partial charge in [-0.1, -0.05) is 6.07 Å². The van der Waals surface area contributed by atoms with E-state index in [-0.39, 0.29) is 0 Å². The highest BCUT2D eigenvalue weighted by Gasteiger charge is 2.10. The van der Waals surface area contributed by atoms with Crippen LogP contribution in [-0.4, -0.2) is 31.2 Å². The minimum absolute atomic E-state index is 0.392. The Balaban J connectivity index is 2.09. The fourth-order valence-electron chi connectivity index (χ4n) is 1.61. The van der Waals surface area contributed by atoms with Crippen molar-refractivity contribution in [3.05, 3.63) is 35.0 Å². The van der Waals surface area contributed by atoms with Crippen LogP contribution >= 0.6 is 11.3 Å². The molecule has 2 aromatic heterocycles. The number of nitrogens with one attached hydrogen (secondary N) is 1. The number of aryl methyl sites for hydroxylation is 1. The van der Waals surface area contributed by atoms with Gasteiger partial charge in [0.15, 0.2) is 0 Å². The third kappa shape index (κ3) is 4.09. The number of hydrogen-bond donors (Lipinski definition) is 1. The standard InChI is InChI=1S/C12H15N3O2S2/c1-9-11(6-8-14-19(2,16)17)18-12(15-9)10-5-3-4-7-13-10/h3-5,7,14H,6,8H2,1-2H3. The Labute approximate surface area is 116 Å². The zero-order valence-electron chi connectivity index (χ0n) is 10.8. The van der Waals surface area contributed by atoms with Gasteiger partial charge in [-0.05, 0) is 25.5 Å². The first-order valence-electron chi connectivity index (χ1n) is 5.78. The Morgan fingerprint density at radius 2 is 2.16 bits per heavy atom. The Hall–Kier alpha value is -1.31. The molecule has 0 fully saturated rings. The molecule has 0 saturated carbocycles. The van der Waals surface area contributed by atoms with Crippen LogP contribution in [0.15, 0.2) is 24.4 Å². The van der Waals surface area contributed by atoms with Gasteiger partial charge >= 0.3 is 0 Å². The molecule has 0 spiro atoms. The summed E-state index contributed by atoms with van der Waals surface area (Å²) in [6.45, 7) is 2.32. The van der Waals surface area contributed by atoms with Crippen molar-refractivity contribution in [3.63, 3.8) is 0 Å². The maximum absolute atomic E-state index is 11.0. The second-order valence-electron chi connectivity index (χ2n) is 4.16. The number of sulfonamides is 1. The highest BCUT2D eigenvalue weighted by molar-refractivity contribution is 7.88. The number of aromatic nitrogens is 2. The van der Waals surface area contributed by atoms with Crippen LogP contribution < -0.4 is 4.72 Å². The van der Waals surface area contributed by atoms with Gasteiger partial charge in [0.05, 0.1) is 17.6 Å². The predicted octanol–water partition coefficient (Wildman–Crippen LogP) is 1.61. The zero-order chi connectivity index (χ0) is 13.9. The molecule has 2 rings (SSSR count). The van der Waals surface area contributed by atoms with Crippen molar-refractivity contribution in [2.24, 2.45) is 0 Å². The molecule has 0 radical (unpaired) electrons. The van der Waals surface area contributed by atoms with Crippen LogP contribution in [0.3, 0.4) is 0 Å². The van der Waals surface area contributed by atoms with Crippen LogP contribution in [0.5, 0.6) is 0 Å². The monoisotopic (exact) mass is 297 g/mol. The van der Waals surface area contributed by atoms with Gasteiger partial charge in [0.2, 0.25) is 10.0 Å². The van der Waals surface area contributed by atoms with E-state index in [2.05, 4.69) is 14.7 Å². The van der Waals surface area contributed by atoms with E-state index < -0.39 is 10.0 Å². The normalized spacial score (nSPS) is 11.7. The highest BCUT2D eigenvalue weighted by atomic mass is 32.2. The van der Waals surface area contributed by atoms with Crippen LogP contribution in [0.1, 0.15) is 10.6 Å². The van der Waals surface area contributed by atoms with E-state index in [9.17, 15) is 8.42 Å². The fourth-order valence-corrected chi connectivity index (χ4v) is 3.12. The summed E-state index contributed by atoms with van der Waals surface area (Å²) in [6, 6.07) is 5.70. The second-order valence-corrected chi connectivity index (χ2v) is 7.08. The summed E-state index contributed by atoms with van der Waals surface area (Å²) in [6.07, 6.45) is 3.53. The molecule has 7 heteroatoms. The minimum Gasteiger partial charge on any atom is -0.254 e. The zero-order valence-corrected chi connectivity index (χ0v) is 12.4. The highest BCUT2D eigenvalue weighted by Crippen LogP contribution is 2.26. The first kappa shape index (κ1) is 14.1. The number of rotatable bonds is 5. The molecule has 0 saturated heterocycles. The summed E-state index contributed by atoms with van der Waals surface area (Å²) in [5.41, 5.74) is 1.78. The van der Waals surface area contributed by atoms with Gasteiger partial charge < -0.3 is 0 Å². The van der Waals surface area contributed by atoms with Gasteiger partial charge in [-0.2, -0.15) is 0 Å². The van der Waals surface area contributed by atoms with Gasteiger partial charge in [-0.3, -0.25) is 4.98 Å². The molecule has 0 amide bonds. The molecule has 0 aliphatic carbocycles. The molecule has 0 aromatic carbocycles. The van der Waals surface area contributed by atoms with Crippen molar-refractivity contribution < 1.29 is 8.42 Å². The Morgan fingerprint density at radius 3 is 2.79 bits per heavy atom. The average molecular weight is 297 g/mol. The lowest BCUT2D eigenvalue weighted by atomic mass is 10.3. The summed E-state index contributed by atoms with van der Waals surface area (Å²) < 4.78 is 24.5. The smallest absolute Gasteiger partial charge is 0.208 e. The van der Waals surface area contributed by atoms with Crippen molar-refractivity contribution >= 4 is 21.4 Å². The van der Waals surface area contributed by atoms with Crippen molar-refractivity contribution in [1.82, 2.24) is 14.7 Å². The van der Waals surface area contributed by atoms with E-state index in [0.29, 0.717) is 13.0 Å². The molecule has 2 aromatic rings. The SMILES string of the molecule is Cc1nc(-c2ccccn2)sc1CCNS(C)(=O)=O. The van der Waals surface area contributed by atoms with Crippen LogP contribution in [0.2, 0.25) is 0 Å². The maximum Gasteiger partial charge on any atom is 0.208 e. The van der Waals surface area contributed by atoms with Gasteiger partial charge in [0, 0.05) is 17.6 Å². The lowest BCUT2D eigenvalue weighted by molar-refractivity contribution is 0.588. The molecule has 0 unspecified atom stereocenters. The molecule has 0 aliphatic heterocycles.